The number of hydrogen-bond acceptors (Lipinski definition) is 3. The van der Waals surface area contributed by atoms with Crippen LogP contribution in [0.3, 0.4) is 0 Å². The van der Waals surface area contributed by atoms with E-state index in [1.807, 2.05) is 6.92 Å². The van der Waals surface area contributed by atoms with Crippen LogP contribution in [0.15, 0.2) is 18.2 Å². The predicted molar refractivity (Wildman–Crippen MR) is 63.4 cm³/mol. The van der Waals surface area contributed by atoms with E-state index in [0.29, 0.717) is 12.1 Å². The van der Waals surface area contributed by atoms with Gasteiger partial charge < -0.3 is 16.2 Å². The summed E-state index contributed by atoms with van der Waals surface area (Å²) in [4.78, 5) is 11.9. The lowest BCUT2D eigenvalue weighted by Crippen LogP contribution is -2.39. The van der Waals surface area contributed by atoms with Crippen molar-refractivity contribution in [2.45, 2.75) is 26.3 Å². The predicted octanol–water partition coefficient (Wildman–Crippen LogP) is 1.17. The molecule has 1 unspecified atom stereocenters. The second kappa shape index (κ2) is 5.51. The molecule has 0 aromatic heterocycles. The molecule has 1 aromatic carbocycles. The van der Waals surface area contributed by atoms with Gasteiger partial charge in [-0.15, -0.1) is 0 Å². The topological polar surface area (TPSA) is 75.3 Å². The van der Waals surface area contributed by atoms with Crippen LogP contribution in [0.2, 0.25) is 0 Å². The van der Waals surface area contributed by atoms with Crippen molar-refractivity contribution in [2.75, 3.05) is 6.54 Å². The maximum atomic E-state index is 11.9. The van der Waals surface area contributed by atoms with Crippen molar-refractivity contribution >= 4 is 5.91 Å². The molecule has 0 saturated heterocycles. The Bertz CT molecular complexity index is 373. The Kier molecular flexibility index (Phi) is 4.31. The molecule has 0 aliphatic carbocycles. The van der Waals surface area contributed by atoms with Crippen molar-refractivity contribution < 1.29 is 9.90 Å². The van der Waals surface area contributed by atoms with Crippen LogP contribution in [-0.2, 0) is 0 Å². The SMILES string of the molecule is CCC(CN)NC(=O)c1ccc(O)cc1C. The van der Waals surface area contributed by atoms with Crippen LogP contribution in [0.1, 0.15) is 29.3 Å². The number of benzene rings is 1. The van der Waals surface area contributed by atoms with Gasteiger partial charge >= 0.3 is 0 Å². The Morgan fingerprint density at radius 3 is 2.75 bits per heavy atom. The molecule has 0 radical (unpaired) electrons. The van der Waals surface area contributed by atoms with Crippen molar-refractivity contribution in [2.24, 2.45) is 5.73 Å². The Balaban J connectivity index is 2.80. The zero-order valence-electron chi connectivity index (χ0n) is 9.66. The maximum Gasteiger partial charge on any atom is 0.251 e. The van der Waals surface area contributed by atoms with Gasteiger partial charge in [-0.1, -0.05) is 6.92 Å². The van der Waals surface area contributed by atoms with E-state index in [0.717, 1.165) is 12.0 Å². The van der Waals surface area contributed by atoms with Gasteiger partial charge in [-0.25, -0.2) is 0 Å². The fourth-order valence-electron chi connectivity index (χ4n) is 1.49. The smallest absolute Gasteiger partial charge is 0.251 e. The van der Waals surface area contributed by atoms with E-state index < -0.39 is 0 Å². The lowest BCUT2D eigenvalue weighted by Gasteiger charge is -2.15. The average molecular weight is 222 g/mol. The first-order valence-corrected chi connectivity index (χ1v) is 5.39. The van der Waals surface area contributed by atoms with Gasteiger partial charge in [0.2, 0.25) is 0 Å². The monoisotopic (exact) mass is 222 g/mol. The van der Waals surface area contributed by atoms with Gasteiger partial charge in [0.05, 0.1) is 0 Å². The minimum absolute atomic E-state index is 0.000651. The molecule has 0 spiro atoms. The molecular formula is C12H18N2O2. The molecule has 0 fully saturated rings. The zero-order valence-corrected chi connectivity index (χ0v) is 9.66. The number of nitrogens with one attached hydrogen (secondary N) is 1. The molecule has 88 valence electrons. The number of hydrogen-bond donors (Lipinski definition) is 3. The Hall–Kier alpha value is -1.55. The summed E-state index contributed by atoms with van der Waals surface area (Å²) in [6.07, 6.45) is 0.805. The molecule has 4 nitrogen and oxygen atoms in total. The molecule has 1 atom stereocenters. The number of carbonyl (C=O) groups excluding carboxylic acids is 1. The maximum absolute atomic E-state index is 11.9. The molecule has 0 aliphatic rings. The van der Waals surface area contributed by atoms with Gasteiger partial charge in [-0.2, -0.15) is 0 Å². The van der Waals surface area contributed by atoms with E-state index in [2.05, 4.69) is 5.32 Å². The minimum Gasteiger partial charge on any atom is -0.508 e. The van der Waals surface area contributed by atoms with Crippen LogP contribution in [0.4, 0.5) is 0 Å². The van der Waals surface area contributed by atoms with Crippen LogP contribution < -0.4 is 11.1 Å². The molecule has 0 bridgehead atoms. The molecule has 16 heavy (non-hydrogen) atoms. The number of aryl methyl sites for hydroxylation is 1. The summed E-state index contributed by atoms with van der Waals surface area (Å²) in [5.41, 5.74) is 6.84. The van der Waals surface area contributed by atoms with E-state index in [-0.39, 0.29) is 17.7 Å². The number of phenolic OH excluding ortho intramolecular Hbond substituents is 1. The van der Waals surface area contributed by atoms with Crippen molar-refractivity contribution in [1.29, 1.82) is 0 Å². The highest BCUT2D eigenvalue weighted by Gasteiger charge is 2.12. The van der Waals surface area contributed by atoms with Gasteiger partial charge in [-0.05, 0) is 37.1 Å². The van der Waals surface area contributed by atoms with Crippen molar-refractivity contribution in [3.05, 3.63) is 29.3 Å². The van der Waals surface area contributed by atoms with Gasteiger partial charge in [0.15, 0.2) is 0 Å². The third-order valence-corrected chi connectivity index (χ3v) is 2.57. The number of carbonyl (C=O) groups is 1. The molecule has 0 saturated carbocycles. The first kappa shape index (κ1) is 12.5. The highest BCUT2D eigenvalue weighted by molar-refractivity contribution is 5.95. The Morgan fingerprint density at radius 1 is 1.56 bits per heavy atom. The number of phenols is 1. The van der Waals surface area contributed by atoms with Crippen LogP contribution in [0.5, 0.6) is 5.75 Å². The molecular weight excluding hydrogens is 204 g/mol. The molecule has 0 aliphatic heterocycles. The van der Waals surface area contributed by atoms with Crippen LogP contribution in [0.25, 0.3) is 0 Å². The van der Waals surface area contributed by atoms with Gasteiger partial charge in [0.25, 0.3) is 5.91 Å². The number of aromatic hydroxyl groups is 1. The first-order valence-electron chi connectivity index (χ1n) is 5.39. The van der Waals surface area contributed by atoms with E-state index in [1.165, 1.54) is 6.07 Å². The standard InChI is InChI=1S/C12H18N2O2/c1-3-9(7-13)14-12(16)11-5-4-10(15)6-8(11)2/h4-6,9,15H,3,7,13H2,1-2H3,(H,14,16). The lowest BCUT2D eigenvalue weighted by molar-refractivity contribution is 0.0936. The molecule has 4 heteroatoms. The summed E-state index contributed by atoms with van der Waals surface area (Å²) in [7, 11) is 0. The number of rotatable bonds is 4. The summed E-state index contributed by atoms with van der Waals surface area (Å²) < 4.78 is 0. The van der Waals surface area contributed by atoms with Gasteiger partial charge in [0, 0.05) is 18.2 Å². The van der Waals surface area contributed by atoms with E-state index >= 15 is 0 Å². The fourth-order valence-corrected chi connectivity index (χ4v) is 1.49. The van der Waals surface area contributed by atoms with Crippen molar-refractivity contribution in [3.8, 4) is 5.75 Å². The summed E-state index contributed by atoms with van der Waals surface area (Å²) in [6, 6.07) is 4.69. The Labute approximate surface area is 95.5 Å². The average Bonchev–Trinajstić information content (AvgIpc) is 2.25. The second-order valence-electron chi connectivity index (χ2n) is 3.81. The van der Waals surface area contributed by atoms with Gasteiger partial charge in [-0.3, -0.25) is 4.79 Å². The summed E-state index contributed by atoms with van der Waals surface area (Å²) >= 11 is 0. The summed E-state index contributed by atoms with van der Waals surface area (Å²) in [5, 5.41) is 12.1. The first-order chi connectivity index (χ1) is 7.58. The minimum atomic E-state index is -0.144. The normalized spacial score (nSPS) is 12.2. The lowest BCUT2D eigenvalue weighted by atomic mass is 10.1. The third kappa shape index (κ3) is 2.97. The zero-order chi connectivity index (χ0) is 12.1. The molecule has 0 heterocycles. The van der Waals surface area contributed by atoms with Crippen molar-refractivity contribution in [1.82, 2.24) is 5.32 Å². The quantitative estimate of drug-likeness (QED) is 0.715. The largest absolute Gasteiger partial charge is 0.508 e. The third-order valence-electron chi connectivity index (χ3n) is 2.57. The van der Waals surface area contributed by atoms with Crippen molar-refractivity contribution in [3.63, 3.8) is 0 Å². The highest BCUT2D eigenvalue weighted by atomic mass is 16.3. The van der Waals surface area contributed by atoms with E-state index in [9.17, 15) is 9.90 Å². The summed E-state index contributed by atoms with van der Waals surface area (Å²) in [5.74, 6) is 0.0229. The molecule has 1 amide bonds. The number of amides is 1. The van der Waals surface area contributed by atoms with Gasteiger partial charge in [0.1, 0.15) is 5.75 Å². The fraction of sp³-hybridized carbons (Fsp3) is 0.417. The van der Waals surface area contributed by atoms with Crippen LogP contribution in [0, 0.1) is 6.92 Å². The second-order valence-corrected chi connectivity index (χ2v) is 3.81. The number of nitrogens with two attached hydrogens (primary N) is 1. The molecule has 4 N–H and O–H groups in total. The Morgan fingerprint density at radius 2 is 2.25 bits per heavy atom. The van der Waals surface area contributed by atoms with Crippen LogP contribution >= 0.6 is 0 Å². The summed E-state index contributed by atoms with van der Waals surface area (Å²) in [6.45, 7) is 4.19. The van der Waals surface area contributed by atoms with E-state index in [1.54, 1.807) is 19.1 Å². The highest BCUT2D eigenvalue weighted by Crippen LogP contribution is 2.15. The molecule has 1 rings (SSSR count). The molecule has 1 aromatic rings. The van der Waals surface area contributed by atoms with E-state index in [4.69, 9.17) is 5.73 Å². The van der Waals surface area contributed by atoms with Crippen LogP contribution in [-0.4, -0.2) is 23.6 Å².